The van der Waals surface area contributed by atoms with Gasteiger partial charge < -0.3 is 4.90 Å². The van der Waals surface area contributed by atoms with Gasteiger partial charge in [0.2, 0.25) is 15.9 Å². The summed E-state index contributed by atoms with van der Waals surface area (Å²) in [5.41, 5.74) is 1.49. The zero-order chi connectivity index (χ0) is 21.9. The van der Waals surface area contributed by atoms with Gasteiger partial charge in [0.05, 0.1) is 10.6 Å². The van der Waals surface area contributed by atoms with Gasteiger partial charge in [0.15, 0.2) is 0 Å². The number of amides is 1. The van der Waals surface area contributed by atoms with Crippen LogP contribution in [0.15, 0.2) is 46.2 Å². The Morgan fingerprint density at radius 2 is 1.87 bits per heavy atom. The Kier molecular flexibility index (Phi) is 7.15. The number of rotatable bonds is 7. The smallest absolute Gasteiger partial charge is 0.243 e. The fourth-order valence-corrected chi connectivity index (χ4v) is 5.82. The van der Waals surface area contributed by atoms with Crippen LogP contribution in [-0.4, -0.2) is 44.0 Å². The van der Waals surface area contributed by atoms with Crippen molar-refractivity contribution in [3.63, 3.8) is 0 Å². The first-order chi connectivity index (χ1) is 14.3. The maximum absolute atomic E-state index is 13.8. The zero-order valence-electron chi connectivity index (χ0n) is 16.9. The highest BCUT2D eigenvalue weighted by atomic mass is 32.2. The van der Waals surface area contributed by atoms with Crippen molar-refractivity contribution in [1.29, 1.82) is 0 Å². The number of hydrogen-bond donors (Lipinski definition) is 0. The van der Waals surface area contributed by atoms with Gasteiger partial charge in [-0.1, -0.05) is 13.8 Å². The predicted molar refractivity (Wildman–Crippen MR) is 114 cm³/mol. The summed E-state index contributed by atoms with van der Waals surface area (Å²) >= 11 is 1.01. The van der Waals surface area contributed by atoms with Crippen molar-refractivity contribution in [1.82, 2.24) is 4.31 Å². The summed E-state index contributed by atoms with van der Waals surface area (Å²) in [5, 5.41) is 0. The second kappa shape index (κ2) is 9.45. The Morgan fingerprint density at radius 1 is 1.13 bits per heavy atom. The minimum Gasteiger partial charge on any atom is -0.311 e. The molecule has 2 aromatic carbocycles. The largest absolute Gasteiger partial charge is 0.311 e. The molecule has 0 spiro atoms. The van der Waals surface area contributed by atoms with Crippen LogP contribution >= 0.6 is 11.8 Å². The third-order valence-corrected chi connectivity index (χ3v) is 8.14. The molecule has 0 bridgehead atoms. The molecule has 1 heterocycles. The highest BCUT2D eigenvalue weighted by molar-refractivity contribution is 8.00. The van der Waals surface area contributed by atoms with Gasteiger partial charge in [-0.2, -0.15) is 4.31 Å². The number of carbonyl (C=O) groups excluding carboxylic acids is 1. The van der Waals surface area contributed by atoms with E-state index in [1.807, 2.05) is 0 Å². The van der Waals surface area contributed by atoms with Crippen LogP contribution in [0.5, 0.6) is 0 Å². The van der Waals surface area contributed by atoms with Crippen LogP contribution in [0, 0.1) is 11.6 Å². The first-order valence-corrected chi connectivity index (χ1v) is 12.2. The quantitative estimate of drug-likeness (QED) is 0.592. The monoisotopic (exact) mass is 454 g/mol. The van der Waals surface area contributed by atoms with Gasteiger partial charge in [-0.25, -0.2) is 17.2 Å². The van der Waals surface area contributed by atoms with E-state index in [0.29, 0.717) is 38.2 Å². The molecule has 1 aliphatic rings. The molecule has 9 heteroatoms. The lowest BCUT2D eigenvalue weighted by atomic mass is 10.0. The number of benzene rings is 2. The zero-order valence-corrected chi connectivity index (χ0v) is 18.5. The van der Waals surface area contributed by atoms with E-state index in [1.165, 1.54) is 16.4 Å². The molecule has 5 nitrogen and oxygen atoms in total. The van der Waals surface area contributed by atoms with Crippen molar-refractivity contribution >= 4 is 33.4 Å². The Hall–Kier alpha value is -1.97. The lowest BCUT2D eigenvalue weighted by Crippen LogP contribution is -2.37. The maximum Gasteiger partial charge on any atom is 0.243 e. The SMILES string of the molecule is CCN(CC)S(=O)(=O)c1ccc2c(c1)CCCN2C(=O)CSc1ccc(F)cc1F. The van der Waals surface area contributed by atoms with Gasteiger partial charge in [0, 0.05) is 36.3 Å². The standard InChI is InChI=1S/C21H24F2N2O3S2/c1-3-24(4-2)30(27,28)17-8-9-19-15(12-17)6-5-11-25(19)21(26)14-29-20-10-7-16(22)13-18(20)23/h7-10,12-13H,3-6,11,14H2,1-2H3. The second-order valence-electron chi connectivity index (χ2n) is 6.89. The summed E-state index contributed by atoms with van der Waals surface area (Å²) in [7, 11) is -3.57. The molecule has 162 valence electrons. The first-order valence-electron chi connectivity index (χ1n) is 9.79. The van der Waals surface area contributed by atoms with Gasteiger partial charge in [-0.3, -0.25) is 4.79 Å². The van der Waals surface area contributed by atoms with Crippen molar-refractivity contribution < 1.29 is 22.0 Å². The van der Waals surface area contributed by atoms with Crippen molar-refractivity contribution in [2.24, 2.45) is 0 Å². The average molecular weight is 455 g/mol. The number of sulfonamides is 1. The van der Waals surface area contributed by atoms with Gasteiger partial charge in [0.1, 0.15) is 11.6 Å². The molecule has 1 aliphatic heterocycles. The molecule has 3 rings (SSSR count). The number of anilines is 1. The van der Waals surface area contributed by atoms with Crippen LogP contribution in [0.3, 0.4) is 0 Å². The summed E-state index contributed by atoms with van der Waals surface area (Å²) in [5.74, 6) is -1.56. The van der Waals surface area contributed by atoms with Gasteiger partial charge in [-0.15, -0.1) is 11.8 Å². The molecule has 0 aromatic heterocycles. The number of fused-ring (bicyclic) bond motifs is 1. The van der Waals surface area contributed by atoms with Crippen LogP contribution in [0.25, 0.3) is 0 Å². The van der Waals surface area contributed by atoms with E-state index < -0.39 is 21.7 Å². The summed E-state index contributed by atoms with van der Waals surface area (Å²) in [4.78, 5) is 14.8. The molecule has 1 amide bonds. The molecule has 2 aromatic rings. The summed E-state index contributed by atoms with van der Waals surface area (Å²) < 4.78 is 53.8. The molecule has 30 heavy (non-hydrogen) atoms. The number of halogens is 2. The molecule has 0 radical (unpaired) electrons. The molecule has 0 atom stereocenters. The molecule has 0 unspecified atom stereocenters. The van der Waals surface area contributed by atoms with Crippen LogP contribution in [0.4, 0.5) is 14.5 Å². The van der Waals surface area contributed by atoms with Crippen molar-refractivity contribution in [2.75, 3.05) is 30.3 Å². The Bertz CT molecular complexity index is 1040. The normalized spacial score (nSPS) is 14.1. The summed E-state index contributed by atoms with van der Waals surface area (Å²) in [6.07, 6.45) is 1.39. The van der Waals surface area contributed by atoms with E-state index >= 15 is 0 Å². The van der Waals surface area contributed by atoms with E-state index in [0.717, 1.165) is 29.5 Å². The van der Waals surface area contributed by atoms with Gasteiger partial charge >= 0.3 is 0 Å². The molecule has 0 saturated heterocycles. The van der Waals surface area contributed by atoms with Gasteiger partial charge in [0.25, 0.3) is 0 Å². The van der Waals surface area contributed by atoms with Crippen molar-refractivity contribution in [3.05, 3.63) is 53.6 Å². The number of aryl methyl sites for hydroxylation is 1. The van der Waals surface area contributed by atoms with Gasteiger partial charge in [-0.05, 0) is 48.7 Å². The molecule has 0 fully saturated rings. The topological polar surface area (TPSA) is 57.7 Å². The molecular weight excluding hydrogens is 430 g/mol. The average Bonchev–Trinajstić information content (AvgIpc) is 2.72. The van der Waals surface area contributed by atoms with Crippen molar-refractivity contribution in [3.8, 4) is 0 Å². The third-order valence-electron chi connectivity index (χ3n) is 5.06. The fourth-order valence-electron chi connectivity index (χ4n) is 3.52. The number of carbonyl (C=O) groups is 1. The maximum atomic E-state index is 13.8. The lowest BCUT2D eigenvalue weighted by molar-refractivity contribution is -0.116. The summed E-state index contributed by atoms with van der Waals surface area (Å²) in [6.45, 7) is 4.87. The minimum absolute atomic E-state index is 0.00148. The Labute approximate surface area is 180 Å². The number of hydrogen-bond acceptors (Lipinski definition) is 4. The van der Waals surface area contributed by atoms with E-state index in [9.17, 15) is 22.0 Å². The molecule has 0 saturated carbocycles. The van der Waals surface area contributed by atoms with Crippen molar-refractivity contribution in [2.45, 2.75) is 36.5 Å². The fraction of sp³-hybridized carbons (Fsp3) is 0.381. The first kappa shape index (κ1) is 22.7. The minimum atomic E-state index is -3.57. The van der Waals surface area contributed by atoms with Crippen LogP contribution in [0.1, 0.15) is 25.8 Å². The third kappa shape index (κ3) is 4.68. The van der Waals surface area contributed by atoms with Crippen LogP contribution in [-0.2, 0) is 21.2 Å². The van der Waals surface area contributed by atoms with E-state index in [4.69, 9.17) is 0 Å². The van der Waals surface area contributed by atoms with Crippen LogP contribution < -0.4 is 4.90 Å². The molecular formula is C21H24F2N2O3S2. The highest BCUT2D eigenvalue weighted by Crippen LogP contribution is 2.32. The summed E-state index contributed by atoms with van der Waals surface area (Å²) in [6, 6.07) is 8.12. The predicted octanol–water partition coefficient (Wildman–Crippen LogP) is 4.07. The molecule has 0 aliphatic carbocycles. The van der Waals surface area contributed by atoms with Crippen LogP contribution in [0.2, 0.25) is 0 Å². The van der Waals surface area contributed by atoms with E-state index in [2.05, 4.69) is 0 Å². The lowest BCUT2D eigenvalue weighted by Gasteiger charge is -2.30. The Morgan fingerprint density at radius 3 is 2.53 bits per heavy atom. The Balaban J connectivity index is 1.79. The number of nitrogens with zero attached hydrogens (tertiary/aromatic N) is 2. The number of thioether (sulfide) groups is 1. The van der Waals surface area contributed by atoms with E-state index in [-0.39, 0.29) is 21.5 Å². The highest BCUT2D eigenvalue weighted by Gasteiger charge is 2.27. The molecule has 0 N–H and O–H groups in total. The van der Waals surface area contributed by atoms with E-state index in [1.54, 1.807) is 30.9 Å². The second-order valence-corrected chi connectivity index (χ2v) is 9.85.